The molecular formula is C11H14ClNO3. The van der Waals surface area contributed by atoms with E-state index in [0.29, 0.717) is 6.42 Å². The Balaban J connectivity index is 2.79. The average molecular weight is 244 g/mol. The largest absolute Gasteiger partial charge is 0.506 e. The van der Waals surface area contributed by atoms with Crippen LogP contribution < -0.4 is 5.32 Å². The number of hydrogen-bond donors (Lipinski definition) is 3. The minimum Gasteiger partial charge on any atom is -0.506 e. The van der Waals surface area contributed by atoms with Gasteiger partial charge in [-0.1, -0.05) is 17.7 Å². The van der Waals surface area contributed by atoms with E-state index in [1.165, 1.54) is 6.07 Å². The first-order valence-corrected chi connectivity index (χ1v) is 5.16. The van der Waals surface area contributed by atoms with E-state index in [2.05, 4.69) is 5.32 Å². The maximum absolute atomic E-state index is 10.5. The first kappa shape index (κ1) is 12.6. The molecule has 88 valence electrons. The van der Waals surface area contributed by atoms with Gasteiger partial charge in [0.05, 0.1) is 5.02 Å². The number of phenols is 1. The highest BCUT2D eigenvalue weighted by Crippen LogP contribution is 2.25. The molecule has 0 aromatic heterocycles. The number of nitrogens with one attached hydrogen (secondary N) is 1. The number of amides is 1. The van der Waals surface area contributed by atoms with Crippen LogP contribution >= 0.6 is 11.6 Å². The fraction of sp³-hybridized carbons (Fsp3) is 0.364. The molecule has 0 unspecified atom stereocenters. The van der Waals surface area contributed by atoms with Gasteiger partial charge in [-0.3, -0.25) is 0 Å². The van der Waals surface area contributed by atoms with Gasteiger partial charge < -0.3 is 15.5 Å². The molecule has 1 aromatic carbocycles. The molecule has 0 fully saturated rings. The summed E-state index contributed by atoms with van der Waals surface area (Å²) in [7, 11) is 0. The third-order valence-corrected chi connectivity index (χ3v) is 2.41. The molecule has 0 spiro atoms. The maximum atomic E-state index is 10.5. The molecule has 0 aliphatic heterocycles. The summed E-state index contributed by atoms with van der Waals surface area (Å²) < 4.78 is 0. The van der Waals surface area contributed by atoms with Crippen LogP contribution in [-0.2, 0) is 6.42 Å². The second-order valence-electron chi connectivity index (χ2n) is 4.28. The van der Waals surface area contributed by atoms with Crippen LogP contribution in [-0.4, -0.2) is 21.8 Å². The van der Waals surface area contributed by atoms with Gasteiger partial charge in [-0.25, -0.2) is 4.79 Å². The number of hydrogen-bond acceptors (Lipinski definition) is 2. The zero-order chi connectivity index (χ0) is 12.3. The van der Waals surface area contributed by atoms with Crippen molar-refractivity contribution in [1.82, 2.24) is 5.32 Å². The number of halogens is 1. The van der Waals surface area contributed by atoms with E-state index < -0.39 is 11.6 Å². The lowest BCUT2D eigenvalue weighted by molar-refractivity contribution is 0.182. The van der Waals surface area contributed by atoms with Gasteiger partial charge in [-0.2, -0.15) is 0 Å². The molecule has 1 aromatic rings. The molecule has 0 heterocycles. The maximum Gasteiger partial charge on any atom is 0.405 e. The Bertz CT molecular complexity index is 404. The lowest BCUT2D eigenvalue weighted by atomic mass is 9.95. The summed E-state index contributed by atoms with van der Waals surface area (Å²) in [6, 6.07) is 4.84. The Hall–Kier alpha value is -1.42. The van der Waals surface area contributed by atoms with Crippen LogP contribution in [0.4, 0.5) is 4.79 Å². The van der Waals surface area contributed by atoms with Crippen molar-refractivity contribution in [2.24, 2.45) is 0 Å². The molecule has 4 nitrogen and oxygen atoms in total. The average Bonchev–Trinajstić information content (AvgIpc) is 2.08. The van der Waals surface area contributed by atoms with Gasteiger partial charge in [0.25, 0.3) is 0 Å². The fourth-order valence-corrected chi connectivity index (χ4v) is 1.71. The van der Waals surface area contributed by atoms with Gasteiger partial charge in [0.15, 0.2) is 0 Å². The van der Waals surface area contributed by atoms with Crippen molar-refractivity contribution in [1.29, 1.82) is 0 Å². The summed E-state index contributed by atoms with van der Waals surface area (Å²) in [6.45, 7) is 3.56. The summed E-state index contributed by atoms with van der Waals surface area (Å²) in [5, 5.41) is 20.6. The summed E-state index contributed by atoms with van der Waals surface area (Å²) >= 11 is 5.76. The van der Waals surface area contributed by atoms with E-state index in [9.17, 15) is 9.90 Å². The topological polar surface area (TPSA) is 69.6 Å². The second kappa shape index (κ2) is 4.61. The van der Waals surface area contributed by atoms with Gasteiger partial charge in [0.1, 0.15) is 5.75 Å². The van der Waals surface area contributed by atoms with E-state index in [4.69, 9.17) is 16.7 Å². The van der Waals surface area contributed by atoms with E-state index >= 15 is 0 Å². The van der Waals surface area contributed by atoms with Crippen LogP contribution in [0.2, 0.25) is 5.02 Å². The number of carboxylic acid groups (broad SMARTS) is 1. The predicted molar refractivity (Wildman–Crippen MR) is 62.1 cm³/mol. The highest BCUT2D eigenvalue weighted by Gasteiger charge is 2.20. The number of phenolic OH excluding ortho intramolecular Hbond substituents is 1. The smallest absolute Gasteiger partial charge is 0.405 e. The van der Waals surface area contributed by atoms with E-state index in [-0.39, 0.29) is 10.8 Å². The van der Waals surface area contributed by atoms with Crippen molar-refractivity contribution < 1.29 is 15.0 Å². The van der Waals surface area contributed by atoms with Crippen LogP contribution in [0.15, 0.2) is 18.2 Å². The van der Waals surface area contributed by atoms with Crippen molar-refractivity contribution in [3.05, 3.63) is 28.8 Å². The SMILES string of the molecule is CC(C)(Cc1ccc(O)c(Cl)c1)NC(=O)O. The minimum absolute atomic E-state index is 0.0226. The Morgan fingerprint density at radius 2 is 2.12 bits per heavy atom. The van der Waals surface area contributed by atoms with Gasteiger partial charge in [0.2, 0.25) is 0 Å². The molecule has 0 bridgehead atoms. The third kappa shape index (κ3) is 3.62. The molecule has 0 saturated carbocycles. The van der Waals surface area contributed by atoms with Crippen molar-refractivity contribution in [3.63, 3.8) is 0 Å². The number of carbonyl (C=O) groups is 1. The monoisotopic (exact) mass is 243 g/mol. The second-order valence-corrected chi connectivity index (χ2v) is 4.68. The standard InChI is InChI=1S/C11H14ClNO3/c1-11(2,13-10(15)16)6-7-3-4-9(14)8(12)5-7/h3-5,13-14H,6H2,1-2H3,(H,15,16). The molecule has 0 aliphatic rings. The van der Waals surface area contributed by atoms with Crippen molar-refractivity contribution >= 4 is 17.7 Å². The van der Waals surface area contributed by atoms with Gasteiger partial charge >= 0.3 is 6.09 Å². The van der Waals surface area contributed by atoms with Gasteiger partial charge in [-0.05, 0) is 38.0 Å². The minimum atomic E-state index is -1.06. The van der Waals surface area contributed by atoms with Gasteiger partial charge in [0, 0.05) is 5.54 Å². The Labute approximate surface area is 98.9 Å². The highest BCUT2D eigenvalue weighted by molar-refractivity contribution is 6.32. The fourth-order valence-electron chi connectivity index (χ4n) is 1.50. The molecule has 0 aliphatic carbocycles. The Morgan fingerprint density at radius 1 is 1.50 bits per heavy atom. The van der Waals surface area contributed by atoms with Crippen LogP contribution in [0.25, 0.3) is 0 Å². The molecular weight excluding hydrogens is 230 g/mol. The molecule has 0 atom stereocenters. The van der Waals surface area contributed by atoms with Gasteiger partial charge in [-0.15, -0.1) is 0 Å². The highest BCUT2D eigenvalue weighted by atomic mass is 35.5. The third-order valence-electron chi connectivity index (χ3n) is 2.10. The summed E-state index contributed by atoms with van der Waals surface area (Å²) in [6.07, 6.45) is -0.561. The zero-order valence-electron chi connectivity index (χ0n) is 9.12. The van der Waals surface area contributed by atoms with E-state index in [1.807, 2.05) is 0 Å². The van der Waals surface area contributed by atoms with Crippen molar-refractivity contribution in [3.8, 4) is 5.75 Å². The quantitative estimate of drug-likeness (QED) is 0.764. The molecule has 16 heavy (non-hydrogen) atoms. The molecule has 3 N–H and O–H groups in total. The number of benzene rings is 1. The first-order valence-electron chi connectivity index (χ1n) is 4.79. The molecule has 5 heteroatoms. The summed E-state index contributed by atoms with van der Waals surface area (Å²) in [4.78, 5) is 10.5. The van der Waals surface area contributed by atoms with Crippen molar-refractivity contribution in [2.45, 2.75) is 25.8 Å². The van der Waals surface area contributed by atoms with Crippen LogP contribution in [0, 0.1) is 0 Å². The van der Waals surface area contributed by atoms with E-state index in [0.717, 1.165) is 5.56 Å². The Kier molecular flexibility index (Phi) is 3.65. The first-order chi connectivity index (χ1) is 7.30. The molecule has 1 rings (SSSR count). The number of aromatic hydroxyl groups is 1. The normalized spacial score (nSPS) is 11.2. The predicted octanol–water partition coefficient (Wildman–Crippen LogP) is 2.63. The lowest BCUT2D eigenvalue weighted by Crippen LogP contribution is -2.44. The zero-order valence-corrected chi connectivity index (χ0v) is 9.88. The van der Waals surface area contributed by atoms with Crippen LogP contribution in [0.5, 0.6) is 5.75 Å². The Morgan fingerprint density at radius 3 is 2.62 bits per heavy atom. The van der Waals surface area contributed by atoms with Crippen LogP contribution in [0.1, 0.15) is 19.4 Å². The molecule has 1 amide bonds. The van der Waals surface area contributed by atoms with E-state index in [1.54, 1.807) is 26.0 Å². The van der Waals surface area contributed by atoms with Crippen molar-refractivity contribution in [2.75, 3.05) is 0 Å². The molecule has 0 radical (unpaired) electrons. The van der Waals surface area contributed by atoms with Crippen LogP contribution in [0.3, 0.4) is 0 Å². The number of rotatable bonds is 3. The lowest BCUT2D eigenvalue weighted by Gasteiger charge is -2.24. The molecule has 0 saturated heterocycles. The summed E-state index contributed by atoms with van der Waals surface area (Å²) in [5.41, 5.74) is 0.285. The summed E-state index contributed by atoms with van der Waals surface area (Å²) in [5.74, 6) is 0.0226.